The highest BCUT2D eigenvalue weighted by molar-refractivity contribution is 6.36. The Kier molecular flexibility index (Phi) is 5.03. The molecule has 7 heteroatoms. The maximum atomic E-state index is 11.0. The van der Waals surface area contributed by atoms with Crippen molar-refractivity contribution in [1.29, 1.82) is 0 Å². The van der Waals surface area contributed by atoms with Crippen molar-refractivity contribution < 1.29 is 9.84 Å². The van der Waals surface area contributed by atoms with Crippen molar-refractivity contribution in [3.8, 4) is 17.0 Å². The van der Waals surface area contributed by atoms with Crippen LogP contribution < -0.4 is 5.73 Å². The molecule has 1 atom stereocenters. The molecule has 0 saturated carbocycles. The molecule has 2 aromatic heterocycles. The van der Waals surface area contributed by atoms with E-state index in [4.69, 9.17) is 33.7 Å². The predicted octanol–water partition coefficient (Wildman–Crippen LogP) is 4.66. The van der Waals surface area contributed by atoms with Gasteiger partial charge < -0.3 is 20.1 Å². The number of aromatic hydroxyl groups is 1. The Morgan fingerprint density at radius 2 is 2.19 bits per heavy atom. The summed E-state index contributed by atoms with van der Waals surface area (Å²) in [4.78, 5) is 4.67. The zero-order valence-corrected chi connectivity index (χ0v) is 16.5. The van der Waals surface area contributed by atoms with Gasteiger partial charge in [0.25, 0.3) is 0 Å². The topological polar surface area (TPSA) is 73.3 Å². The lowest BCUT2D eigenvalue weighted by atomic mass is 9.95. The third-order valence-electron chi connectivity index (χ3n) is 5.14. The zero-order chi connectivity index (χ0) is 19.1. The standard InChI is InChI=1S/C20H21Cl2N3O2/c1-11-15(8-23)18(14-5-4-12(21)7-16(14)22)19-17(24-11)10-25(20(19)26)9-13-3-2-6-27-13/h4-5,7,10,13,26H,2-3,6,8-9,23H2,1H3/t13-/m1/s1. The summed E-state index contributed by atoms with van der Waals surface area (Å²) >= 11 is 12.6. The largest absolute Gasteiger partial charge is 0.494 e. The van der Waals surface area contributed by atoms with Gasteiger partial charge >= 0.3 is 0 Å². The molecular formula is C20H21Cl2N3O2. The average molecular weight is 406 g/mol. The number of aromatic nitrogens is 2. The van der Waals surface area contributed by atoms with Crippen LogP contribution in [0.2, 0.25) is 10.0 Å². The van der Waals surface area contributed by atoms with Crippen LogP contribution >= 0.6 is 23.2 Å². The summed E-state index contributed by atoms with van der Waals surface area (Å²) in [6.45, 7) is 3.57. The monoisotopic (exact) mass is 405 g/mol. The minimum absolute atomic E-state index is 0.107. The summed E-state index contributed by atoms with van der Waals surface area (Å²) in [7, 11) is 0. The molecule has 0 spiro atoms. The van der Waals surface area contributed by atoms with Crippen LogP contribution in [-0.2, 0) is 17.8 Å². The fourth-order valence-corrected chi connectivity index (χ4v) is 4.33. The van der Waals surface area contributed by atoms with E-state index in [2.05, 4.69) is 4.98 Å². The molecule has 0 amide bonds. The van der Waals surface area contributed by atoms with Gasteiger partial charge in [0.1, 0.15) is 0 Å². The van der Waals surface area contributed by atoms with E-state index in [1.165, 1.54) is 0 Å². The predicted molar refractivity (Wildman–Crippen MR) is 108 cm³/mol. The Hall–Kier alpha value is -1.79. The summed E-state index contributed by atoms with van der Waals surface area (Å²) in [5.41, 5.74) is 10.0. The Morgan fingerprint density at radius 1 is 1.37 bits per heavy atom. The zero-order valence-electron chi connectivity index (χ0n) is 15.0. The summed E-state index contributed by atoms with van der Waals surface area (Å²) in [6, 6.07) is 5.33. The van der Waals surface area contributed by atoms with E-state index in [9.17, 15) is 5.11 Å². The lowest BCUT2D eigenvalue weighted by Gasteiger charge is -2.15. The van der Waals surface area contributed by atoms with E-state index < -0.39 is 0 Å². The second-order valence-corrected chi connectivity index (χ2v) is 7.72. The van der Waals surface area contributed by atoms with Crippen LogP contribution in [-0.4, -0.2) is 27.4 Å². The van der Waals surface area contributed by atoms with E-state index >= 15 is 0 Å². The van der Waals surface area contributed by atoms with Crippen LogP contribution in [0.25, 0.3) is 22.0 Å². The first-order chi connectivity index (χ1) is 13.0. The lowest BCUT2D eigenvalue weighted by molar-refractivity contribution is 0.0952. The van der Waals surface area contributed by atoms with Gasteiger partial charge in [-0.1, -0.05) is 29.3 Å². The Morgan fingerprint density at radius 3 is 2.85 bits per heavy atom. The molecule has 4 rings (SSSR count). The van der Waals surface area contributed by atoms with E-state index in [0.29, 0.717) is 34.0 Å². The molecule has 1 aromatic carbocycles. The fraction of sp³-hybridized carbons (Fsp3) is 0.350. The van der Waals surface area contributed by atoms with Crippen LogP contribution in [0.1, 0.15) is 24.1 Å². The van der Waals surface area contributed by atoms with Crippen molar-refractivity contribution in [3.63, 3.8) is 0 Å². The number of benzene rings is 1. The number of hydrogen-bond donors (Lipinski definition) is 2. The number of fused-ring (bicyclic) bond motifs is 1. The number of halogens is 2. The third kappa shape index (κ3) is 3.29. The van der Waals surface area contributed by atoms with Crippen molar-refractivity contribution >= 4 is 34.1 Å². The van der Waals surface area contributed by atoms with Crippen LogP contribution in [0.4, 0.5) is 0 Å². The van der Waals surface area contributed by atoms with Crippen molar-refractivity contribution in [2.75, 3.05) is 6.61 Å². The van der Waals surface area contributed by atoms with Crippen LogP contribution in [0, 0.1) is 6.92 Å². The minimum atomic E-state index is 0.107. The molecule has 0 radical (unpaired) electrons. The van der Waals surface area contributed by atoms with Gasteiger partial charge in [0.2, 0.25) is 5.88 Å². The number of aryl methyl sites for hydroxylation is 1. The molecule has 1 saturated heterocycles. The molecule has 3 N–H and O–H groups in total. The molecule has 0 bridgehead atoms. The van der Waals surface area contributed by atoms with Gasteiger partial charge in [-0.2, -0.15) is 0 Å². The minimum Gasteiger partial charge on any atom is -0.494 e. The Labute approximate surface area is 167 Å². The number of nitrogens with zero attached hydrogens (tertiary/aromatic N) is 2. The van der Waals surface area contributed by atoms with E-state index in [1.54, 1.807) is 16.7 Å². The molecule has 3 heterocycles. The first-order valence-corrected chi connectivity index (χ1v) is 9.73. The number of rotatable bonds is 4. The van der Waals surface area contributed by atoms with Gasteiger partial charge in [-0.05, 0) is 37.5 Å². The lowest BCUT2D eigenvalue weighted by Crippen LogP contribution is -2.13. The molecule has 3 aromatic rings. The second kappa shape index (κ2) is 7.32. The highest BCUT2D eigenvalue weighted by atomic mass is 35.5. The van der Waals surface area contributed by atoms with Gasteiger partial charge in [0, 0.05) is 46.2 Å². The maximum absolute atomic E-state index is 11.0. The van der Waals surface area contributed by atoms with Crippen LogP contribution in [0.5, 0.6) is 5.88 Å². The smallest absolute Gasteiger partial charge is 0.201 e. The molecule has 142 valence electrons. The molecule has 1 aliphatic rings. The number of ether oxygens (including phenoxy) is 1. The fourth-order valence-electron chi connectivity index (χ4n) is 3.82. The first kappa shape index (κ1) is 18.6. The molecular weight excluding hydrogens is 385 g/mol. The third-order valence-corrected chi connectivity index (χ3v) is 5.68. The van der Waals surface area contributed by atoms with E-state index in [1.807, 2.05) is 19.2 Å². The van der Waals surface area contributed by atoms with Gasteiger partial charge in [-0.3, -0.25) is 4.98 Å². The Balaban J connectivity index is 1.95. The summed E-state index contributed by atoms with van der Waals surface area (Å²) in [5, 5.41) is 12.7. The van der Waals surface area contributed by atoms with E-state index in [-0.39, 0.29) is 12.0 Å². The normalized spacial score (nSPS) is 17.1. The number of hydrogen-bond acceptors (Lipinski definition) is 4. The number of pyridine rings is 1. The molecule has 5 nitrogen and oxygen atoms in total. The summed E-state index contributed by atoms with van der Waals surface area (Å²) in [5.74, 6) is 0.156. The van der Waals surface area contributed by atoms with Crippen molar-refractivity contribution in [2.45, 2.75) is 39.0 Å². The SMILES string of the molecule is Cc1nc2cn(C[C@H]3CCCO3)c(O)c2c(-c2ccc(Cl)cc2Cl)c1CN. The van der Waals surface area contributed by atoms with Gasteiger partial charge in [0.05, 0.1) is 23.6 Å². The molecule has 1 fully saturated rings. The van der Waals surface area contributed by atoms with Gasteiger partial charge in [-0.25, -0.2) is 0 Å². The Bertz CT molecular complexity index is 1010. The van der Waals surface area contributed by atoms with Crippen molar-refractivity contribution in [1.82, 2.24) is 9.55 Å². The quantitative estimate of drug-likeness (QED) is 0.661. The van der Waals surface area contributed by atoms with Gasteiger partial charge in [-0.15, -0.1) is 0 Å². The van der Waals surface area contributed by atoms with Crippen LogP contribution in [0.3, 0.4) is 0 Å². The highest BCUT2D eigenvalue weighted by Crippen LogP contribution is 2.42. The first-order valence-electron chi connectivity index (χ1n) is 8.98. The molecule has 0 aliphatic carbocycles. The van der Waals surface area contributed by atoms with Crippen molar-refractivity contribution in [2.24, 2.45) is 5.73 Å². The summed E-state index contributed by atoms with van der Waals surface area (Å²) < 4.78 is 7.52. The second-order valence-electron chi connectivity index (χ2n) is 6.88. The number of nitrogens with two attached hydrogens (primary N) is 1. The molecule has 1 aliphatic heterocycles. The van der Waals surface area contributed by atoms with Gasteiger partial charge in [0.15, 0.2) is 0 Å². The van der Waals surface area contributed by atoms with E-state index in [0.717, 1.165) is 41.8 Å². The molecule has 27 heavy (non-hydrogen) atoms. The highest BCUT2D eigenvalue weighted by Gasteiger charge is 2.24. The summed E-state index contributed by atoms with van der Waals surface area (Å²) in [6.07, 6.45) is 4.01. The maximum Gasteiger partial charge on any atom is 0.201 e. The van der Waals surface area contributed by atoms with Crippen molar-refractivity contribution in [3.05, 3.63) is 45.7 Å². The molecule has 0 unspecified atom stereocenters. The average Bonchev–Trinajstić information content (AvgIpc) is 3.23. The van der Waals surface area contributed by atoms with Crippen LogP contribution in [0.15, 0.2) is 24.4 Å².